The lowest BCUT2D eigenvalue weighted by atomic mass is 10.1. The lowest BCUT2D eigenvalue weighted by molar-refractivity contribution is -0.137. The second-order valence-corrected chi connectivity index (χ2v) is 7.11. The van der Waals surface area contributed by atoms with Gasteiger partial charge in [-0.15, -0.1) is 10.2 Å². The molecule has 3 heterocycles. The van der Waals surface area contributed by atoms with E-state index in [1.165, 1.54) is 17.0 Å². The molecule has 150 valence electrons. The Morgan fingerprint density at radius 2 is 1.90 bits per heavy atom. The van der Waals surface area contributed by atoms with Gasteiger partial charge < -0.3 is 4.90 Å². The second kappa shape index (κ2) is 7.14. The first-order valence-electron chi connectivity index (χ1n) is 8.77. The zero-order valence-corrected chi connectivity index (χ0v) is 15.9. The Morgan fingerprint density at radius 1 is 1.14 bits per heavy atom. The van der Waals surface area contributed by atoms with Gasteiger partial charge in [0, 0.05) is 25.3 Å². The van der Waals surface area contributed by atoms with Crippen molar-refractivity contribution in [1.82, 2.24) is 24.6 Å². The average Bonchev–Trinajstić information content (AvgIpc) is 3.10. The Morgan fingerprint density at radius 3 is 2.59 bits per heavy atom. The van der Waals surface area contributed by atoms with E-state index in [-0.39, 0.29) is 24.0 Å². The molecule has 1 aliphatic heterocycles. The number of aromatic nitrogens is 4. The molecule has 10 heteroatoms. The molecular formula is C19H15ClF3N5O. The highest BCUT2D eigenvalue weighted by atomic mass is 35.5. The van der Waals surface area contributed by atoms with Crippen molar-refractivity contribution in [3.8, 4) is 11.5 Å². The van der Waals surface area contributed by atoms with Crippen LogP contribution in [0.4, 0.5) is 13.2 Å². The van der Waals surface area contributed by atoms with Crippen molar-refractivity contribution in [3.05, 3.63) is 64.6 Å². The number of alkyl halides is 3. The lowest BCUT2D eigenvalue weighted by Gasteiger charge is -2.34. The number of halogens is 4. The number of carbonyl (C=O) groups is 1. The predicted octanol–water partition coefficient (Wildman–Crippen LogP) is 4.06. The second-order valence-electron chi connectivity index (χ2n) is 6.73. The van der Waals surface area contributed by atoms with E-state index in [2.05, 4.69) is 15.2 Å². The molecule has 1 atom stereocenters. The summed E-state index contributed by atoms with van der Waals surface area (Å²) in [5.41, 5.74) is -0.116. The van der Waals surface area contributed by atoms with Gasteiger partial charge in [0.05, 0.1) is 10.6 Å². The molecule has 0 radical (unpaired) electrons. The SMILES string of the molecule is C[C@H]1Cn2c(nnc2-c2ccccn2)C(=O)N1Cc1cccc(C(F)(F)F)c1Cl. The minimum absolute atomic E-state index is 0.0610. The molecule has 0 saturated carbocycles. The number of hydrogen-bond acceptors (Lipinski definition) is 4. The molecule has 0 spiro atoms. The number of carbonyl (C=O) groups excluding carboxylic acids is 1. The normalized spacial score (nSPS) is 16.8. The first-order valence-corrected chi connectivity index (χ1v) is 9.15. The quantitative estimate of drug-likeness (QED) is 0.640. The number of pyridine rings is 1. The summed E-state index contributed by atoms with van der Waals surface area (Å²) in [6, 6.07) is 8.72. The predicted molar refractivity (Wildman–Crippen MR) is 99.0 cm³/mol. The summed E-state index contributed by atoms with van der Waals surface area (Å²) in [5.74, 6) is 0.163. The van der Waals surface area contributed by atoms with E-state index in [1.54, 1.807) is 29.0 Å². The Kier molecular flexibility index (Phi) is 4.77. The van der Waals surface area contributed by atoms with Crippen molar-refractivity contribution in [2.45, 2.75) is 32.2 Å². The molecule has 2 aromatic heterocycles. The van der Waals surface area contributed by atoms with Crippen LogP contribution in [-0.4, -0.2) is 36.6 Å². The van der Waals surface area contributed by atoms with Crippen molar-refractivity contribution < 1.29 is 18.0 Å². The van der Waals surface area contributed by atoms with Gasteiger partial charge in [-0.25, -0.2) is 0 Å². The Balaban J connectivity index is 1.66. The number of fused-ring (bicyclic) bond motifs is 1. The first-order chi connectivity index (χ1) is 13.8. The molecule has 1 amide bonds. The zero-order chi connectivity index (χ0) is 20.8. The Bertz CT molecular complexity index is 1070. The lowest BCUT2D eigenvalue weighted by Crippen LogP contribution is -2.46. The highest BCUT2D eigenvalue weighted by Crippen LogP contribution is 2.37. The maximum atomic E-state index is 13.1. The fourth-order valence-electron chi connectivity index (χ4n) is 3.34. The van der Waals surface area contributed by atoms with Gasteiger partial charge in [-0.2, -0.15) is 13.2 Å². The summed E-state index contributed by atoms with van der Waals surface area (Å²) in [6.07, 6.45) is -2.95. The Hall–Kier alpha value is -2.94. The minimum Gasteiger partial charge on any atom is -0.327 e. The Labute approximate surface area is 168 Å². The van der Waals surface area contributed by atoms with E-state index in [9.17, 15) is 18.0 Å². The highest BCUT2D eigenvalue weighted by Gasteiger charge is 2.37. The third-order valence-corrected chi connectivity index (χ3v) is 5.25. The summed E-state index contributed by atoms with van der Waals surface area (Å²) < 4.78 is 41.1. The van der Waals surface area contributed by atoms with Crippen LogP contribution in [0.15, 0.2) is 42.6 Å². The molecule has 0 saturated heterocycles. The number of benzene rings is 1. The highest BCUT2D eigenvalue weighted by molar-refractivity contribution is 6.32. The van der Waals surface area contributed by atoms with Crippen LogP contribution in [0.5, 0.6) is 0 Å². The summed E-state index contributed by atoms with van der Waals surface area (Å²) in [7, 11) is 0. The molecule has 3 aromatic rings. The van der Waals surface area contributed by atoms with Crippen molar-refractivity contribution in [2.75, 3.05) is 0 Å². The van der Waals surface area contributed by atoms with Crippen LogP contribution in [0.3, 0.4) is 0 Å². The van der Waals surface area contributed by atoms with E-state index in [0.29, 0.717) is 18.1 Å². The van der Waals surface area contributed by atoms with Crippen LogP contribution in [0.25, 0.3) is 11.5 Å². The van der Waals surface area contributed by atoms with Crippen molar-refractivity contribution in [3.63, 3.8) is 0 Å². The minimum atomic E-state index is -4.57. The molecule has 29 heavy (non-hydrogen) atoms. The van der Waals surface area contributed by atoms with Gasteiger partial charge in [-0.3, -0.25) is 14.3 Å². The number of rotatable bonds is 3. The van der Waals surface area contributed by atoms with E-state index in [0.717, 1.165) is 6.07 Å². The summed E-state index contributed by atoms with van der Waals surface area (Å²) >= 11 is 5.99. The monoisotopic (exact) mass is 421 g/mol. The zero-order valence-electron chi connectivity index (χ0n) is 15.2. The molecule has 6 nitrogen and oxygen atoms in total. The van der Waals surface area contributed by atoms with E-state index < -0.39 is 22.7 Å². The number of hydrogen-bond donors (Lipinski definition) is 0. The largest absolute Gasteiger partial charge is 0.417 e. The third-order valence-electron chi connectivity index (χ3n) is 4.80. The molecule has 0 N–H and O–H groups in total. The van der Waals surface area contributed by atoms with Crippen molar-refractivity contribution >= 4 is 17.5 Å². The fourth-order valence-corrected chi connectivity index (χ4v) is 3.63. The third kappa shape index (κ3) is 3.46. The first kappa shape index (κ1) is 19.4. The van der Waals surface area contributed by atoms with Gasteiger partial charge >= 0.3 is 6.18 Å². The molecule has 0 aliphatic carbocycles. The molecule has 1 aliphatic rings. The van der Waals surface area contributed by atoms with Gasteiger partial charge in [-0.05, 0) is 30.7 Å². The molecule has 4 rings (SSSR count). The topological polar surface area (TPSA) is 63.9 Å². The van der Waals surface area contributed by atoms with Crippen LogP contribution in [0, 0.1) is 0 Å². The van der Waals surface area contributed by atoms with Crippen molar-refractivity contribution in [2.24, 2.45) is 0 Å². The molecule has 0 bridgehead atoms. The molecular weight excluding hydrogens is 407 g/mol. The number of amides is 1. The molecule has 0 fully saturated rings. The maximum absolute atomic E-state index is 13.1. The van der Waals surface area contributed by atoms with Crippen LogP contribution in [0.1, 0.15) is 28.7 Å². The van der Waals surface area contributed by atoms with Gasteiger partial charge in [0.1, 0.15) is 5.69 Å². The summed E-state index contributed by atoms with van der Waals surface area (Å²) in [6.45, 7) is 2.13. The molecule has 0 unspecified atom stereocenters. The van der Waals surface area contributed by atoms with Gasteiger partial charge in [0.15, 0.2) is 5.82 Å². The van der Waals surface area contributed by atoms with Crippen LogP contribution < -0.4 is 0 Å². The number of nitrogens with zero attached hydrogens (tertiary/aromatic N) is 5. The summed E-state index contributed by atoms with van der Waals surface area (Å²) in [5, 5.41) is 7.67. The van der Waals surface area contributed by atoms with E-state index in [1.807, 2.05) is 6.92 Å². The maximum Gasteiger partial charge on any atom is 0.417 e. The summed E-state index contributed by atoms with van der Waals surface area (Å²) in [4.78, 5) is 18.7. The standard InChI is InChI=1S/C19H15ClF3N5O/c1-11-9-28-16(14-7-2-3-8-24-14)25-26-17(28)18(29)27(11)10-12-5-4-6-13(15(12)20)19(21,22)23/h2-8,11H,9-10H2,1H3/t11-/m0/s1. The average molecular weight is 422 g/mol. The van der Waals surface area contributed by atoms with Crippen LogP contribution in [-0.2, 0) is 19.3 Å². The van der Waals surface area contributed by atoms with Gasteiger partial charge in [-0.1, -0.05) is 29.8 Å². The van der Waals surface area contributed by atoms with E-state index in [4.69, 9.17) is 11.6 Å². The molecule has 1 aromatic carbocycles. The smallest absolute Gasteiger partial charge is 0.327 e. The van der Waals surface area contributed by atoms with Crippen LogP contribution in [0.2, 0.25) is 5.02 Å². The fraction of sp³-hybridized carbons (Fsp3) is 0.263. The van der Waals surface area contributed by atoms with Crippen molar-refractivity contribution in [1.29, 1.82) is 0 Å². The van der Waals surface area contributed by atoms with Crippen LogP contribution >= 0.6 is 11.6 Å². The van der Waals surface area contributed by atoms with E-state index >= 15 is 0 Å². The van der Waals surface area contributed by atoms with Gasteiger partial charge in [0.2, 0.25) is 5.82 Å². The van der Waals surface area contributed by atoms with Gasteiger partial charge in [0.25, 0.3) is 5.91 Å².